The van der Waals surface area contributed by atoms with Crippen molar-refractivity contribution >= 4 is 21.5 Å². The summed E-state index contributed by atoms with van der Waals surface area (Å²) in [6.07, 6.45) is 5.39. The highest BCUT2D eigenvalue weighted by Gasteiger charge is 2.20. The molecular formula is C21H20N4O3S. The maximum absolute atomic E-state index is 13.0. The lowest BCUT2D eigenvalue weighted by atomic mass is 10.1. The first-order valence-corrected chi connectivity index (χ1v) is 10.4. The van der Waals surface area contributed by atoms with Crippen molar-refractivity contribution < 1.29 is 13.2 Å². The summed E-state index contributed by atoms with van der Waals surface area (Å²) in [6.45, 7) is 3.61. The molecule has 0 bridgehead atoms. The Morgan fingerprint density at radius 3 is 2.66 bits per heavy atom. The number of aromatic nitrogens is 3. The molecule has 0 aliphatic carbocycles. The molecule has 2 aromatic carbocycles. The molecule has 148 valence electrons. The Hall–Kier alpha value is -3.39. The predicted molar refractivity (Wildman–Crippen MR) is 112 cm³/mol. The number of imidazole rings is 1. The zero-order valence-corrected chi connectivity index (χ0v) is 17.1. The molecule has 0 amide bonds. The van der Waals surface area contributed by atoms with Crippen molar-refractivity contribution in [2.45, 2.75) is 18.7 Å². The monoisotopic (exact) mass is 408 g/mol. The fourth-order valence-electron chi connectivity index (χ4n) is 3.20. The first kappa shape index (κ1) is 18.9. The normalized spacial score (nSPS) is 11.6. The summed E-state index contributed by atoms with van der Waals surface area (Å²) in [6, 6.07) is 12.2. The Morgan fingerprint density at radius 1 is 1.07 bits per heavy atom. The van der Waals surface area contributed by atoms with Crippen molar-refractivity contribution in [2.75, 3.05) is 11.8 Å². The van der Waals surface area contributed by atoms with Gasteiger partial charge in [-0.3, -0.25) is 9.12 Å². The third kappa shape index (κ3) is 3.54. The Labute approximate surface area is 169 Å². The molecule has 0 fully saturated rings. The molecule has 0 aliphatic rings. The van der Waals surface area contributed by atoms with E-state index < -0.39 is 10.0 Å². The van der Waals surface area contributed by atoms with Crippen LogP contribution in [0.4, 0.5) is 5.69 Å². The fraction of sp³-hybridized carbons (Fsp3) is 0.143. The first-order chi connectivity index (χ1) is 13.9. The van der Waals surface area contributed by atoms with E-state index in [4.69, 9.17) is 4.74 Å². The Kier molecular flexibility index (Phi) is 4.71. The standard InChI is InChI=1S/C21H20N4O3S/c1-14-15(2)20(9-8-19(14)28-3)29(26,27)24-17-7-4-6-16(12-17)18-13-25-11-5-10-22-21(25)23-18/h4-13,24H,1-3H3. The Balaban J connectivity index is 1.68. The number of hydrogen-bond donors (Lipinski definition) is 1. The summed E-state index contributed by atoms with van der Waals surface area (Å²) in [5.74, 6) is 1.24. The number of sulfonamides is 1. The van der Waals surface area contributed by atoms with Gasteiger partial charge in [0, 0.05) is 29.8 Å². The van der Waals surface area contributed by atoms with Crippen LogP contribution in [-0.4, -0.2) is 29.9 Å². The molecule has 0 saturated carbocycles. The van der Waals surface area contributed by atoms with Crippen LogP contribution in [0.5, 0.6) is 5.75 Å². The number of fused-ring (bicyclic) bond motifs is 1. The van der Waals surface area contributed by atoms with Crippen LogP contribution < -0.4 is 9.46 Å². The quantitative estimate of drug-likeness (QED) is 0.543. The lowest BCUT2D eigenvalue weighted by Gasteiger charge is -2.14. The lowest BCUT2D eigenvalue weighted by molar-refractivity contribution is 0.411. The van der Waals surface area contributed by atoms with Gasteiger partial charge in [0.2, 0.25) is 5.78 Å². The van der Waals surface area contributed by atoms with Crippen LogP contribution in [0.1, 0.15) is 11.1 Å². The minimum Gasteiger partial charge on any atom is -0.496 e. The van der Waals surface area contributed by atoms with Crippen LogP contribution in [0, 0.1) is 13.8 Å². The number of rotatable bonds is 5. The lowest BCUT2D eigenvalue weighted by Crippen LogP contribution is -2.15. The molecule has 7 nitrogen and oxygen atoms in total. The number of benzene rings is 2. The number of nitrogens with one attached hydrogen (secondary N) is 1. The third-order valence-electron chi connectivity index (χ3n) is 4.84. The van der Waals surface area contributed by atoms with Gasteiger partial charge in [-0.1, -0.05) is 12.1 Å². The van der Waals surface area contributed by atoms with Crippen molar-refractivity contribution in [3.63, 3.8) is 0 Å². The maximum atomic E-state index is 13.0. The van der Waals surface area contributed by atoms with Crippen molar-refractivity contribution in [3.05, 3.63) is 72.2 Å². The average Bonchev–Trinajstić information content (AvgIpc) is 3.14. The summed E-state index contributed by atoms with van der Waals surface area (Å²) >= 11 is 0. The fourth-order valence-corrected chi connectivity index (χ4v) is 4.56. The van der Waals surface area contributed by atoms with Gasteiger partial charge >= 0.3 is 0 Å². The summed E-state index contributed by atoms with van der Waals surface area (Å²) in [7, 11) is -2.19. The van der Waals surface area contributed by atoms with Gasteiger partial charge in [0.1, 0.15) is 5.75 Å². The van der Waals surface area contributed by atoms with E-state index in [0.717, 1.165) is 11.1 Å². The van der Waals surface area contributed by atoms with Crippen LogP contribution >= 0.6 is 0 Å². The molecule has 29 heavy (non-hydrogen) atoms. The molecular weight excluding hydrogens is 388 g/mol. The minimum absolute atomic E-state index is 0.220. The van der Waals surface area contributed by atoms with Gasteiger partial charge in [0.25, 0.3) is 10.0 Å². The molecule has 0 radical (unpaired) electrons. The molecule has 2 aromatic heterocycles. The molecule has 8 heteroatoms. The van der Waals surface area contributed by atoms with E-state index in [1.54, 1.807) is 50.6 Å². The SMILES string of the molecule is COc1ccc(S(=O)(=O)Nc2cccc(-c3cn4cccnc4n3)c2)c(C)c1C. The van der Waals surface area contributed by atoms with Gasteiger partial charge in [0.15, 0.2) is 0 Å². The largest absolute Gasteiger partial charge is 0.496 e. The highest BCUT2D eigenvalue weighted by molar-refractivity contribution is 7.92. The van der Waals surface area contributed by atoms with Crippen molar-refractivity contribution in [3.8, 4) is 17.0 Å². The second-order valence-corrected chi connectivity index (χ2v) is 8.31. The second-order valence-electron chi connectivity index (χ2n) is 6.66. The molecule has 0 aliphatic heterocycles. The van der Waals surface area contributed by atoms with Crippen LogP contribution in [0.2, 0.25) is 0 Å². The maximum Gasteiger partial charge on any atom is 0.262 e. The van der Waals surface area contributed by atoms with Gasteiger partial charge in [-0.05, 0) is 55.3 Å². The van der Waals surface area contributed by atoms with Gasteiger partial charge in [-0.15, -0.1) is 0 Å². The van der Waals surface area contributed by atoms with E-state index in [2.05, 4.69) is 14.7 Å². The van der Waals surface area contributed by atoms with Crippen LogP contribution in [0.3, 0.4) is 0 Å². The van der Waals surface area contributed by atoms with E-state index in [1.807, 2.05) is 35.9 Å². The molecule has 0 spiro atoms. The zero-order chi connectivity index (χ0) is 20.6. The molecule has 1 N–H and O–H groups in total. The Bertz CT molecular complexity index is 1280. The third-order valence-corrected chi connectivity index (χ3v) is 6.37. The van der Waals surface area contributed by atoms with Gasteiger partial charge in [0.05, 0.1) is 17.7 Å². The second kappa shape index (κ2) is 7.21. The summed E-state index contributed by atoms with van der Waals surface area (Å²) in [5, 5.41) is 0. The topological polar surface area (TPSA) is 85.6 Å². The van der Waals surface area contributed by atoms with Crippen molar-refractivity contribution in [1.29, 1.82) is 0 Å². The van der Waals surface area contributed by atoms with E-state index in [0.29, 0.717) is 28.5 Å². The van der Waals surface area contributed by atoms with Gasteiger partial charge in [-0.25, -0.2) is 18.4 Å². The zero-order valence-electron chi connectivity index (χ0n) is 16.2. The number of methoxy groups -OCH3 is 1. The Morgan fingerprint density at radius 2 is 1.90 bits per heavy atom. The van der Waals surface area contributed by atoms with Crippen molar-refractivity contribution in [2.24, 2.45) is 0 Å². The molecule has 4 rings (SSSR count). The molecule has 2 heterocycles. The van der Waals surface area contributed by atoms with E-state index >= 15 is 0 Å². The number of hydrogen-bond acceptors (Lipinski definition) is 5. The van der Waals surface area contributed by atoms with Crippen molar-refractivity contribution in [1.82, 2.24) is 14.4 Å². The summed E-state index contributed by atoms with van der Waals surface area (Å²) in [5.41, 5.74) is 3.40. The number of ether oxygens (including phenoxy) is 1. The summed E-state index contributed by atoms with van der Waals surface area (Å²) in [4.78, 5) is 8.92. The highest BCUT2D eigenvalue weighted by Crippen LogP contribution is 2.29. The van der Waals surface area contributed by atoms with Crippen LogP contribution in [0.15, 0.2) is 66.0 Å². The molecule has 0 saturated heterocycles. The number of nitrogens with zero attached hydrogens (tertiary/aromatic N) is 3. The van der Waals surface area contributed by atoms with E-state index in [1.165, 1.54) is 0 Å². The van der Waals surface area contributed by atoms with E-state index in [9.17, 15) is 8.42 Å². The highest BCUT2D eigenvalue weighted by atomic mass is 32.2. The van der Waals surface area contributed by atoms with Gasteiger partial charge in [-0.2, -0.15) is 0 Å². The molecule has 0 atom stereocenters. The van der Waals surface area contributed by atoms with Gasteiger partial charge < -0.3 is 4.74 Å². The summed E-state index contributed by atoms with van der Waals surface area (Å²) < 4.78 is 35.7. The smallest absolute Gasteiger partial charge is 0.262 e. The average molecular weight is 408 g/mol. The first-order valence-electron chi connectivity index (χ1n) is 8.96. The predicted octanol–water partition coefficient (Wildman–Crippen LogP) is 3.82. The van der Waals surface area contributed by atoms with E-state index in [-0.39, 0.29) is 4.90 Å². The number of anilines is 1. The molecule has 0 unspecified atom stereocenters. The van der Waals surface area contributed by atoms with Crippen LogP contribution in [0.25, 0.3) is 17.0 Å². The van der Waals surface area contributed by atoms with Crippen LogP contribution in [-0.2, 0) is 10.0 Å². The molecule has 4 aromatic rings. The minimum atomic E-state index is -3.76.